The van der Waals surface area contributed by atoms with Crippen LogP contribution in [-0.4, -0.2) is 50.4 Å². The van der Waals surface area contributed by atoms with Gasteiger partial charge in [-0.15, -0.1) is 11.4 Å². The summed E-state index contributed by atoms with van der Waals surface area (Å²) in [6.45, 7) is 8.96. The number of esters is 1. The summed E-state index contributed by atoms with van der Waals surface area (Å²) in [5, 5.41) is 9.12. The highest BCUT2D eigenvalue weighted by Crippen LogP contribution is 2.34. The van der Waals surface area contributed by atoms with Crippen molar-refractivity contribution in [1.82, 2.24) is 24.1 Å². The van der Waals surface area contributed by atoms with E-state index in [1.807, 2.05) is 6.92 Å². The van der Waals surface area contributed by atoms with E-state index >= 15 is 0 Å². The van der Waals surface area contributed by atoms with Gasteiger partial charge in [0.2, 0.25) is 0 Å². The number of rotatable bonds is 13. The maximum absolute atomic E-state index is 14.4. The van der Waals surface area contributed by atoms with Gasteiger partial charge in [0.1, 0.15) is 33.5 Å². The van der Waals surface area contributed by atoms with E-state index < -0.39 is 35.2 Å². The molecule has 4 aromatic rings. The molecule has 0 spiro atoms. The number of hydrogen-bond acceptors (Lipinski definition) is 9. The quantitative estimate of drug-likeness (QED) is 0.131. The molecule has 41 heavy (non-hydrogen) atoms. The highest BCUT2D eigenvalue weighted by molar-refractivity contribution is 7.21. The highest BCUT2D eigenvalue weighted by atomic mass is 32.1. The van der Waals surface area contributed by atoms with Gasteiger partial charge in [0.25, 0.3) is 5.56 Å². The van der Waals surface area contributed by atoms with E-state index in [-0.39, 0.29) is 25.1 Å². The summed E-state index contributed by atoms with van der Waals surface area (Å²) in [4.78, 5) is 42.5. The number of ether oxygens (including phenoxy) is 3. The maximum atomic E-state index is 14.4. The summed E-state index contributed by atoms with van der Waals surface area (Å²) in [6, 6.07) is 2.80. The largest absolute Gasteiger partial charge is 0.496 e. The number of aromatic nitrogens is 5. The fourth-order valence-electron chi connectivity index (χ4n) is 4.46. The first-order chi connectivity index (χ1) is 19.7. The number of halogens is 1. The molecule has 11 nitrogen and oxygen atoms in total. The minimum atomic E-state index is -1.20. The van der Waals surface area contributed by atoms with Gasteiger partial charge in [-0.25, -0.2) is 18.5 Å². The Hall–Kier alpha value is -4.10. The first-order valence-electron chi connectivity index (χ1n) is 13.1. The monoisotopic (exact) mass is 585 g/mol. The number of thiophene rings is 1. The normalized spacial score (nSPS) is 12.8. The van der Waals surface area contributed by atoms with Gasteiger partial charge >= 0.3 is 11.7 Å². The molecule has 0 aliphatic heterocycles. The average Bonchev–Trinajstić information content (AvgIpc) is 3.61. The van der Waals surface area contributed by atoms with Crippen molar-refractivity contribution in [3.63, 3.8) is 0 Å². The number of fused-ring (bicyclic) bond motifs is 1. The molecule has 1 unspecified atom stereocenters. The van der Waals surface area contributed by atoms with Crippen molar-refractivity contribution in [2.24, 2.45) is 0 Å². The lowest BCUT2D eigenvalue weighted by molar-refractivity contribution is -0.147. The Morgan fingerprint density at radius 2 is 1.98 bits per heavy atom. The number of unbranched alkanes of at least 4 members (excludes halogenated alkanes) is 1. The lowest BCUT2D eigenvalue weighted by Crippen LogP contribution is -2.44. The Balaban J connectivity index is 1.96. The Kier molecular flexibility index (Phi) is 9.50. The predicted molar refractivity (Wildman–Crippen MR) is 152 cm³/mol. The summed E-state index contributed by atoms with van der Waals surface area (Å²) in [7, 11) is 1.45. The molecular weight excluding hydrogens is 553 g/mol. The number of benzene rings is 1. The molecule has 2 atom stereocenters. The number of nitrogens with zero attached hydrogens (tertiary/aromatic N) is 5. The molecule has 13 heteroatoms. The van der Waals surface area contributed by atoms with Gasteiger partial charge in [0.15, 0.2) is 0 Å². The van der Waals surface area contributed by atoms with E-state index in [1.54, 1.807) is 6.92 Å². The number of carbonyl (C=O) groups excluding carboxylic acids is 1. The molecule has 0 N–H and O–H groups in total. The maximum Gasteiger partial charge on any atom is 0.333 e. The standard InChI is InChI=1S/C28H32FN5O6S/c1-6-8-14-40-27(36)18(4)33-24(35)23-17(3)25(34-30-11-12-31-34)41-26(23)32(28(33)37)16-22(39-13-7-2)20-15-19(29)9-10-21(20)38-5/h7,9-12,15,18,22H,2,6,8,13-14,16H2,1,3-5H3/t18?,22-/m1/s1. The zero-order valence-electron chi connectivity index (χ0n) is 23.3. The average molecular weight is 586 g/mol. The van der Waals surface area contributed by atoms with Crippen LogP contribution in [0.5, 0.6) is 5.75 Å². The van der Waals surface area contributed by atoms with Crippen molar-refractivity contribution in [2.45, 2.75) is 52.3 Å². The van der Waals surface area contributed by atoms with Crippen molar-refractivity contribution in [2.75, 3.05) is 20.3 Å². The predicted octanol–water partition coefficient (Wildman–Crippen LogP) is 4.11. The van der Waals surface area contributed by atoms with E-state index in [4.69, 9.17) is 14.2 Å². The highest BCUT2D eigenvalue weighted by Gasteiger charge is 2.29. The van der Waals surface area contributed by atoms with Crippen LogP contribution in [0.4, 0.5) is 4.39 Å². The smallest absolute Gasteiger partial charge is 0.333 e. The van der Waals surface area contributed by atoms with Crippen molar-refractivity contribution in [1.29, 1.82) is 0 Å². The second-order valence-corrected chi connectivity index (χ2v) is 10.3. The third-order valence-corrected chi connectivity index (χ3v) is 7.87. The summed E-state index contributed by atoms with van der Waals surface area (Å²) in [6.07, 6.45) is 5.11. The Morgan fingerprint density at radius 3 is 2.63 bits per heavy atom. The van der Waals surface area contributed by atoms with E-state index in [1.165, 1.54) is 60.1 Å². The van der Waals surface area contributed by atoms with Crippen molar-refractivity contribution in [3.8, 4) is 10.8 Å². The molecule has 0 amide bonds. The summed E-state index contributed by atoms with van der Waals surface area (Å²) < 4.78 is 33.4. The SMILES string of the molecule is C=CCO[C@H](Cn1c(=O)n(C(C)C(=O)OCCCC)c(=O)c2c(C)c(-n3nccn3)sc21)c1cc(F)ccc1OC. The van der Waals surface area contributed by atoms with Crippen LogP contribution < -0.4 is 16.0 Å². The molecular formula is C28H32FN5O6S. The van der Waals surface area contributed by atoms with E-state index in [0.717, 1.165) is 22.3 Å². The van der Waals surface area contributed by atoms with Crippen LogP contribution >= 0.6 is 11.3 Å². The zero-order valence-corrected chi connectivity index (χ0v) is 24.1. The van der Waals surface area contributed by atoms with Crippen LogP contribution in [0.2, 0.25) is 0 Å². The van der Waals surface area contributed by atoms with E-state index in [2.05, 4.69) is 16.8 Å². The number of carbonyl (C=O) groups is 1. The van der Waals surface area contributed by atoms with Gasteiger partial charge in [-0.2, -0.15) is 10.2 Å². The third kappa shape index (κ3) is 6.00. The van der Waals surface area contributed by atoms with Crippen LogP contribution in [0.25, 0.3) is 15.2 Å². The van der Waals surface area contributed by atoms with Crippen LogP contribution in [0.1, 0.15) is 50.0 Å². The number of methoxy groups -OCH3 is 1. The van der Waals surface area contributed by atoms with Crippen molar-refractivity contribution < 1.29 is 23.4 Å². The molecule has 1 aromatic carbocycles. The molecule has 0 fully saturated rings. The molecule has 0 bridgehead atoms. The molecule has 218 valence electrons. The first-order valence-corrected chi connectivity index (χ1v) is 13.9. The third-order valence-electron chi connectivity index (χ3n) is 6.59. The lowest BCUT2D eigenvalue weighted by atomic mass is 10.1. The second-order valence-electron chi connectivity index (χ2n) is 9.29. The summed E-state index contributed by atoms with van der Waals surface area (Å²) >= 11 is 1.15. The fourth-order valence-corrected chi connectivity index (χ4v) is 5.68. The van der Waals surface area contributed by atoms with Gasteiger partial charge in [-0.05, 0) is 38.5 Å². The van der Waals surface area contributed by atoms with Gasteiger partial charge < -0.3 is 14.2 Å². The Morgan fingerprint density at radius 1 is 1.24 bits per heavy atom. The molecule has 0 saturated heterocycles. The minimum Gasteiger partial charge on any atom is -0.496 e. The molecule has 3 heterocycles. The Bertz CT molecular complexity index is 1660. The molecule has 0 aliphatic rings. The van der Waals surface area contributed by atoms with Crippen molar-refractivity contribution in [3.05, 3.63) is 81.0 Å². The fraction of sp³-hybridized carbons (Fsp3) is 0.393. The van der Waals surface area contributed by atoms with Gasteiger partial charge in [-0.3, -0.25) is 9.36 Å². The number of aryl methyl sites for hydroxylation is 1. The van der Waals surface area contributed by atoms with Gasteiger partial charge in [-0.1, -0.05) is 30.8 Å². The zero-order chi connectivity index (χ0) is 29.7. The van der Waals surface area contributed by atoms with Crippen LogP contribution in [0, 0.1) is 12.7 Å². The second kappa shape index (κ2) is 13.0. The topological polar surface area (TPSA) is 119 Å². The molecule has 0 aliphatic carbocycles. The lowest BCUT2D eigenvalue weighted by Gasteiger charge is -2.23. The Labute approximate surface area is 239 Å². The van der Waals surface area contributed by atoms with Gasteiger partial charge in [0, 0.05) is 11.1 Å². The molecule has 3 aromatic heterocycles. The van der Waals surface area contributed by atoms with E-state index in [9.17, 15) is 18.8 Å². The molecule has 0 radical (unpaired) electrons. The van der Waals surface area contributed by atoms with Crippen LogP contribution in [-0.2, 0) is 20.8 Å². The van der Waals surface area contributed by atoms with E-state index in [0.29, 0.717) is 33.1 Å². The minimum absolute atomic E-state index is 0.0912. The summed E-state index contributed by atoms with van der Waals surface area (Å²) in [5.74, 6) is -0.857. The molecule has 0 saturated carbocycles. The van der Waals surface area contributed by atoms with Crippen molar-refractivity contribution >= 4 is 27.5 Å². The van der Waals surface area contributed by atoms with Crippen LogP contribution in [0.15, 0.2) is 52.8 Å². The summed E-state index contributed by atoms with van der Waals surface area (Å²) in [5.41, 5.74) is -0.486. The molecule has 4 rings (SSSR count). The van der Waals surface area contributed by atoms with Gasteiger partial charge in [0.05, 0.1) is 44.6 Å². The first kappa shape index (κ1) is 29.9. The number of hydrogen-bond donors (Lipinski definition) is 0. The van der Waals surface area contributed by atoms with Crippen LogP contribution in [0.3, 0.4) is 0 Å².